The first kappa shape index (κ1) is 11.4. The Balaban J connectivity index is 3.82. The molecule has 12 heavy (non-hydrogen) atoms. The maximum Gasteiger partial charge on any atom is 0.161 e. The van der Waals surface area contributed by atoms with Crippen molar-refractivity contribution in [1.82, 2.24) is 0 Å². The Morgan fingerprint density at radius 1 is 1.25 bits per heavy atom. The van der Waals surface area contributed by atoms with Gasteiger partial charge in [-0.3, -0.25) is 0 Å². The van der Waals surface area contributed by atoms with Crippen LogP contribution in [-0.4, -0.2) is 19.5 Å². The van der Waals surface area contributed by atoms with Crippen molar-refractivity contribution in [2.75, 3.05) is 13.2 Å². The van der Waals surface area contributed by atoms with Gasteiger partial charge in [0.15, 0.2) is 6.29 Å². The first-order valence-corrected chi connectivity index (χ1v) is 4.36. The van der Waals surface area contributed by atoms with E-state index in [4.69, 9.17) is 14.7 Å². The third-order valence-electron chi connectivity index (χ3n) is 1.54. The van der Waals surface area contributed by atoms with Gasteiger partial charge in [-0.15, -0.1) is 0 Å². The molecule has 0 unspecified atom stereocenters. The number of nitriles is 1. The summed E-state index contributed by atoms with van der Waals surface area (Å²) in [5, 5.41) is 8.46. The smallest absolute Gasteiger partial charge is 0.161 e. The van der Waals surface area contributed by atoms with Crippen LogP contribution in [0.25, 0.3) is 0 Å². The van der Waals surface area contributed by atoms with Crippen molar-refractivity contribution >= 4 is 0 Å². The molecule has 0 aromatic rings. The van der Waals surface area contributed by atoms with Crippen molar-refractivity contribution in [3.8, 4) is 6.07 Å². The van der Waals surface area contributed by atoms with E-state index < -0.39 is 0 Å². The molecule has 0 aromatic carbocycles. The summed E-state index contributed by atoms with van der Waals surface area (Å²) in [6.07, 6.45) is 0.254. The van der Waals surface area contributed by atoms with Gasteiger partial charge in [-0.05, 0) is 13.8 Å². The van der Waals surface area contributed by atoms with E-state index >= 15 is 0 Å². The van der Waals surface area contributed by atoms with Gasteiger partial charge in [0.05, 0.1) is 6.07 Å². The van der Waals surface area contributed by atoms with E-state index in [1.165, 1.54) is 0 Å². The summed E-state index contributed by atoms with van der Waals surface area (Å²) < 4.78 is 10.6. The van der Waals surface area contributed by atoms with Gasteiger partial charge in [-0.25, -0.2) is 0 Å². The molecule has 0 rings (SSSR count). The standard InChI is InChI=1S/C9H17NO2/c1-4-11-9(12-5-2)8(3)6-7-10/h8-9H,4-6H2,1-3H3/t8-/m0/s1. The summed E-state index contributed by atoms with van der Waals surface area (Å²) in [4.78, 5) is 0. The van der Waals surface area contributed by atoms with Crippen LogP contribution in [0, 0.1) is 17.2 Å². The van der Waals surface area contributed by atoms with Crippen molar-refractivity contribution < 1.29 is 9.47 Å². The summed E-state index contributed by atoms with van der Waals surface area (Å²) in [7, 11) is 0. The summed E-state index contributed by atoms with van der Waals surface area (Å²) in [5.74, 6) is 0.148. The molecule has 0 amide bonds. The van der Waals surface area contributed by atoms with E-state index in [9.17, 15) is 0 Å². The van der Waals surface area contributed by atoms with E-state index in [0.717, 1.165) is 0 Å². The zero-order valence-electron chi connectivity index (χ0n) is 8.04. The van der Waals surface area contributed by atoms with E-state index in [1.807, 2.05) is 20.8 Å². The van der Waals surface area contributed by atoms with Gasteiger partial charge in [0.1, 0.15) is 0 Å². The largest absolute Gasteiger partial charge is 0.353 e. The summed E-state index contributed by atoms with van der Waals surface area (Å²) in [6.45, 7) is 7.05. The zero-order valence-corrected chi connectivity index (χ0v) is 8.04. The lowest BCUT2D eigenvalue weighted by Crippen LogP contribution is -2.25. The fourth-order valence-electron chi connectivity index (χ4n) is 0.945. The Bertz CT molecular complexity index is 136. The molecule has 3 nitrogen and oxygen atoms in total. The van der Waals surface area contributed by atoms with Crippen LogP contribution in [0.2, 0.25) is 0 Å². The Morgan fingerprint density at radius 3 is 2.08 bits per heavy atom. The second kappa shape index (κ2) is 7.08. The highest BCUT2D eigenvalue weighted by atomic mass is 16.7. The van der Waals surface area contributed by atoms with E-state index in [2.05, 4.69) is 6.07 Å². The van der Waals surface area contributed by atoms with Gasteiger partial charge in [0.2, 0.25) is 0 Å². The van der Waals surface area contributed by atoms with Crippen LogP contribution in [0.1, 0.15) is 27.2 Å². The van der Waals surface area contributed by atoms with Gasteiger partial charge in [0.25, 0.3) is 0 Å². The molecule has 0 fully saturated rings. The van der Waals surface area contributed by atoms with Gasteiger partial charge in [0, 0.05) is 25.6 Å². The molecule has 0 bridgehead atoms. The van der Waals surface area contributed by atoms with Crippen LogP contribution in [0.3, 0.4) is 0 Å². The minimum absolute atomic E-state index is 0.148. The first-order valence-electron chi connectivity index (χ1n) is 4.36. The minimum atomic E-state index is -0.223. The maximum atomic E-state index is 8.46. The SMILES string of the molecule is CCOC(OCC)[C@@H](C)CC#N. The van der Waals surface area contributed by atoms with Crippen LogP contribution >= 0.6 is 0 Å². The number of ether oxygens (including phenoxy) is 2. The average molecular weight is 171 g/mol. The molecule has 0 saturated heterocycles. The predicted octanol–water partition coefficient (Wildman–Crippen LogP) is 1.94. The molecule has 0 aliphatic carbocycles. The van der Waals surface area contributed by atoms with Crippen LogP contribution in [0.15, 0.2) is 0 Å². The third kappa shape index (κ3) is 4.32. The highest BCUT2D eigenvalue weighted by molar-refractivity contribution is 4.75. The molecule has 0 N–H and O–H groups in total. The van der Waals surface area contributed by atoms with Crippen LogP contribution in [0.5, 0.6) is 0 Å². The molecule has 0 radical (unpaired) electrons. The second-order valence-electron chi connectivity index (χ2n) is 2.62. The number of hydrogen-bond donors (Lipinski definition) is 0. The fourth-order valence-corrected chi connectivity index (χ4v) is 0.945. The molecule has 0 aromatic heterocycles. The molecule has 1 atom stereocenters. The van der Waals surface area contributed by atoms with Crippen molar-refractivity contribution in [3.05, 3.63) is 0 Å². The van der Waals surface area contributed by atoms with Gasteiger partial charge in [-0.1, -0.05) is 6.92 Å². The highest BCUT2D eigenvalue weighted by Crippen LogP contribution is 2.12. The van der Waals surface area contributed by atoms with Gasteiger partial charge >= 0.3 is 0 Å². The lowest BCUT2D eigenvalue weighted by atomic mass is 10.1. The van der Waals surface area contributed by atoms with Crippen molar-refractivity contribution in [2.24, 2.45) is 5.92 Å². The molecule has 0 aliphatic heterocycles. The lowest BCUT2D eigenvalue weighted by Gasteiger charge is -2.21. The lowest BCUT2D eigenvalue weighted by molar-refractivity contribution is -0.162. The molecule has 70 valence electrons. The molecule has 0 heterocycles. The van der Waals surface area contributed by atoms with Gasteiger partial charge < -0.3 is 9.47 Å². The van der Waals surface area contributed by atoms with Gasteiger partial charge in [-0.2, -0.15) is 5.26 Å². The second-order valence-corrected chi connectivity index (χ2v) is 2.62. The Kier molecular flexibility index (Phi) is 6.73. The quantitative estimate of drug-likeness (QED) is 0.573. The van der Waals surface area contributed by atoms with Crippen molar-refractivity contribution in [1.29, 1.82) is 5.26 Å². The monoisotopic (exact) mass is 171 g/mol. The van der Waals surface area contributed by atoms with E-state index in [0.29, 0.717) is 19.6 Å². The van der Waals surface area contributed by atoms with Crippen LogP contribution in [-0.2, 0) is 9.47 Å². The number of nitrogens with zero attached hydrogens (tertiary/aromatic N) is 1. The molecule has 0 spiro atoms. The number of hydrogen-bond acceptors (Lipinski definition) is 3. The normalized spacial score (nSPS) is 12.9. The molecule has 0 aliphatic rings. The Hall–Kier alpha value is -0.590. The van der Waals surface area contributed by atoms with E-state index in [-0.39, 0.29) is 12.2 Å². The fraction of sp³-hybridized carbons (Fsp3) is 0.889. The number of rotatable bonds is 6. The van der Waals surface area contributed by atoms with E-state index in [1.54, 1.807) is 0 Å². The Morgan fingerprint density at radius 2 is 1.75 bits per heavy atom. The summed E-state index contributed by atoms with van der Waals surface area (Å²) in [6, 6.07) is 2.10. The predicted molar refractivity (Wildman–Crippen MR) is 46.4 cm³/mol. The van der Waals surface area contributed by atoms with Crippen molar-refractivity contribution in [3.63, 3.8) is 0 Å². The topological polar surface area (TPSA) is 42.2 Å². The van der Waals surface area contributed by atoms with Crippen molar-refractivity contribution in [2.45, 2.75) is 33.5 Å². The summed E-state index contributed by atoms with van der Waals surface area (Å²) in [5.41, 5.74) is 0. The maximum absolute atomic E-state index is 8.46. The van der Waals surface area contributed by atoms with Crippen LogP contribution < -0.4 is 0 Å². The zero-order chi connectivity index (χ0) is 9.40. The summed E-state index contributed by atoms with van der Waals surface area (Å²) >= 11 is 0. The van der Waals surface area contributed by atoms with Crippen LogP contribution in [0.4, 0.5) is 0 Å². The third-order valence-corrected chi connectivity index (χ3v) is 1.54. The Labute approximate surface area is 74.3 Å². The molecule has 3 heteroatoms. The molecular weight excluding hydrogens is 154 g/mol. The minimum Gasteiger partial charge on any atom is -0.353 e. The highest BCUT2D eigenvalue weighted by Gasteiger charge is 2.16. The molecule has 0 saturated carbocycles. The first-order chi connectivity index (χ1) is 5.76. The molecular formula is C9H17NO2. The average Bonchev–Trinajstić information content (AvgIpc) is 2.04.